The Morgan fingerprint density at radius 3 is 2.28 bits per heavy atom. The van der Waals surface area contributed by atoms with Crippen LogP contribution in [0.2, 0.25) is 0 Å². The summed E-state index contributed by atoms with van der Waals surface area (Å²) in [6.07, 6.45) is 3.22. The standard InChI is InChI=1S/C28H22IN3O7/c1-38-21-10-14(11-22(39-2)26(21)35)23-16-8-9-30-27(36)31(15-6-4-3-5-7-15)28(37)32(30)19(16)12-17-20(33)13-18(29)25(34)24(17)23/h3-8,10-11,13,19,23,35H,9,12H2,1-2H3. The van der Waals surface area contributed by atoms with E-state index >= 15 is 0 Å². The Bertz CT molecular complexity index is 1760. The maximum atomic E-state index is 13.8. The van der Waals surface area contributed by atoms with Crippen molar-refractivity contribution in [3.05, 3.63) is 101 Å². The first-order valence-corrected chi connectivity index (χ1v) is 13.2. The van der Waals surface area contributed by atoms with E-state index in [1.165, 1.54) is 29.7 Å². The molecule has 1 aliphatic heterocycles. The first kappa shape index (κ1) is 25.2. The predicted molar refractivity (Wildman–Crippen MR) is 149 cm³/mol. The molecule has 0 saturated heterocycles. The number of carbonyl (C=O) groups is 2. The van der Waals surface area contributed by atoms with E-state index in [2.05, 4.69) is 0 Å². The molecule has 11 heteroatoms. The average Bonchev–Trinajstić information content (AvgIpc) is 3.20. The van der Waals surface area contributed by atoms with Crippen LogP contribution < -0.4 is 20.9 Å². The van der Waals surface area contributed by atoms with Gasteiger partial charge in [0.1, 0.15) is 0 Å². The topological polar surface area (TPSA) is 122 Å². The normalized spacial score (nSPS) is 20.1. The molecule has 1 aromatic heterocycles. The number of ketones is 2. The summed E-state index contributed by atoms with van der Waals surface area (Å²) < 4.78 is 14.9. The molecule has 1 N–H and O–H groups in total. The fourth-order valence-electron chi connectivity index (χ4n) is 5.73. The van der Waals surface area contributed by atoms with E-state index in [0.29, 0.717) is 31.5 Å². The van der Waals surface area contributed by atoms with Crippen molar-refractivity contribution in [1.29, 1.82) is 0 Å². The number of phenols is 1. The highest BCUT2D eigenvalue weighted by atomic mass is 127. The number of hydrogen-bond donors (Lipinski definition) is 1. The molecule has 198 valence electrons. The van der Waals surface area contributed by atoms with Crippen molar-refractivity contribution < 1.29 is 24.2 Å². The highest BCUT2D eigenvalue weighted by Crippen LogP contribution is 2.52. The minimum absolute atomic E-state index is 0.0766. The van der Waals surface area contributed by atoms with Gasteiger partial charge in [-0.2, -0.15) is 0 Å². The largest absolute Gasteiger partial charge is 0.502 e. The zero-order valence-corrected chi connectivity index (χ0v) is 23.0. The summed E-state index contributed by atoms with van der Waals surface area (Å²) in [6.45, 7) is 0.0975. The first-order valence-electron chi connectivity index (χ1n) is 12.1. The summed E-state index contributed by atoms with van der Waals surface area (Å²) in [5.41, 5.74) is 1.25. The Morgan fingerprint density at radius 1 is 0.974 bits per heavy atom. The maximum absolute atomic E-state index is 13.8. The van der Waals surface area contributed by atoms with E-state index in [9.17, 15) is 24.3 Å². The van der Waals surface area contributed by atoms with Gasteiger partial charge in [-0.25, -0.2) is 23.5 Å². The lowest BCUT2D eigenvalue weighted by Crippen LogP contribution is -2.40. The van der Waals surface area contributed by atoms with Crippen LogP contribution in [0.15, 0.2) is 84.5 Å². The number of halogens is 1. The van der Waals surface area contributed by atoms with Gasteiger partial charge >= 0.3 is 11.4 Å². The van der Waals surface area contributed by atoms with E-state index in [-0.39, 0.29) is 41.8 Å². The van der Waals surface area contributed by atoms with Gasteiger partial charge in [0.25, 0.3) is 0 Å². The quantitative estimate of drug-likeness (QED) is 0.265. The number of aromatic nitrogens is 3. The Kier molecular flexibility index (Phi) is 5.97. The smallest absolute Gasteiger partial charge is 0.352 e. The molecule has 3 aromatic rings. The Morgan fingerprint density at radius 2 is 1.64 bits per heavy atom. The van der Waals surface area contributed by atoms with Gasteiger partial charge < -0.3 is 14.6 Å². The van der Waals surface area contributed by atoms with Crippen LogP contribution in [0, 0.1) is 0 Å². The van der Waals surface area contributed by atoms with E-state index in [1.54, 1.807) is 42.5 Å². The van der Waals surface area contributed by atoms with E-state index < -0.39 is 23.3 Å². The van der Waals surface area contributed by atoms with Gasteiger partial charge in [-0.05, 0) is 58.0 Å². The van der Waals surface area contributed by atoms with E-state index in [0.717, 1.165) is 4.57 Å². The molecule has 6 rings (SSSR count). The van der Waals surface area contributed by atoms with E-state index in [4.69, 9.17) is 9.47 Å². The summed E-state index contributed by atoms with van der Waals surface area (Å²) in [5.74, 6) is -1.27. The van der Waals surface area contributed by atoms with Crippen molar-refractivity contribution in [1.82, 2.24) is 13.9 Å². The molecule has 0 fully saturated rings. The first-order chi connectivity index (χ1) is 18.8. The van der Waals surface area contributed by atoms with Crippen molar-refractivity contribution in [3.63, 3.8) is 0 Å². The third-order valence-corrected chi connectivity index (χ3v) is 8.25. The van der Waals surface area contributed by atoms with Crippen LogP contribution >= 0.6 is 22.6 Å². The molecule has 0 saturated carbocycles. The van der Waals surface area contributed by atoms with Crippen molar-refractivity contribution in [2.75, 3.05) is 14.2 Å². The van der Waals surface area contributed by atoms with Gasteiger partial charge in [-0.3, -0.25) is 9.59 Å². The fraction of sp³-hybridized carbons (Fsp3) is 0.214. The zero-order valence-electron chi connectivity index (χ0n) is 20.9. The highest BCUT2D eigenvalue weighted by Gasteiger charge is 2.45. The molecule has 10 nitrogen and oxygen atoms in total. The van der Waals surface area contributed by atoms with Crippen LogP contribution in [0.1, 0.15) is 23.9 Å². The van der Waals surface area contributed by atoms with Crippen LogP contribution in [0.5, 0.6) is 17.2 Å². The maximum Gasteiger partial charge on any atom is 0.352 e. The summed E-state index contributed by atoms with van der Waals surface area (Å²) in [5, 5.41) is 10.5. The summed E-state index contributed by atoms with van der Waals surface area (Å²) in [4.78, 5) is 53.9. The van der Waals surface area contributed by atoms with Crippen molar-refractivity contribution in [2.24, 2.45) is 0 Å². The van der Waals surface area contributed by atoms with Gasteiger partial charge in [0.2, 0.25) is 5.75 Å². The number of aromatic hydroxyl groups is 1. The molecule has 2 unspecified atom stereocenters. The van der Waals surface area contributed by atoms with Crippen LogP contribution in [0.3, 0.4) is 0 Å². The second-order valence-electron chi connectivity index (χ2n) is 9.37. The van der Waals surface area contributed by atoms with Crippen LogP contribution in [0.4, 0.5) is 0 Å². The molecule has 0 radical (unpaired) electrons. The number of ether oxygens (including phenoxy) is 2. The monoisotopic (exact) mass is 639 g/mol. The summed E-state index contributed by atoms with van der Waals surface area (Å²) >= 11 is 1.86. The molecule has 2 aromatic carbocycles. The molecule has 2 aliphatic carbocycles. The number of phenolic OH excluding ortho intramolecular Hbond substituents is 1. The number of rotatable bonds is 4. The Labute approximate surface area is 235 Å². The zero-order chi connectivity index (χ0) is 27.6. The summed E-state index contributed by atoms with van der Waals surface area (Å²) in [6, 6.07) is 11.1. The number of allylic oxidation sites excluding steroid dienone is 6. The lowest BCUT2D eigenvalue weighted by molar-refractivity contribution is -0.115. The number of methoxy groups -OCH3 is 2. The predicted octanol–water partition coefficient (Wildman–Crippen LogP) is 2.96. The fourth-order valence-corrected chi connectivity index (χ4v) is 6.30. The number of para-hydroxylation sites is 1. The molecule has 0 amide bonds. The molecule has 3 aliphatic rings. The molecule has 39 heavy (non-hydrogen) atoms. The average molecular weight is 639 g/mol. The van der Waals surface area contributed by atoms with Gasteiger partial charge in [0.05, 0.1) is 36.1 Å². The minimum Gasteiger partial charge on any atom is -0.502 e. The Balaban J connectivity index is 1.61. The van der Waals surface area contributed by atoms with Crippen LogP contribution in [0.25, 0.3) is 5.69 Å². The second kappa shape index (κ2) is 9.26. The van der Waals surface area contributed by atoms with Gasteiger partial charge in [0, 0.05) is 29.6 Å². The third kappa shape index (κ3) is 3.67. The number of benzene rings is 2. The molecular weight excluding hydrogens is 617 g/mol. The van der Waals surface area contributed by atoms with Crippen molar-refractivity contribution in [2.45, 2.75) is 24.9 Å². The van der Waals surface area contributed by atoms with Crippen molar-refractivity contribution in [3.8, 4) is 22.9 Å². The number of fused-ring (bicyclic) bond motifs is 3. The van der Waals surface area contributed by atoms with Gasteiger partial charge in [-0.1, -0.05) is 24.3 Å². The lowest BCUT2D eigenvalue weighted by atomic mass is 9.69. The highest BCUT2D eigenvalue weighted by molar-refractivity contribution is 14.1. The Hall–Kier alpha value is -4.13. The van der Waals surface area contributed by atoms with E-state index in [1.807, 2.05) is 28.7 Å². The SMILES string of the molecule is COc1cc(C2C3=CCn4c(=O)n(-c5ccccc5)c(=O)n4C3CC3=C2C(=O)C(I)=CC3=O)cc(OC)c1O. The summed E-state index contributed by atoms with van der Waals surface area (Å²) in [7, 11) is 2.80. The van der Waals surface area contributed by atoms with Crippen LogP contribution in [-0.2, 0) is 16.1 Å². The van der Waals surface area contributed by atoms with Gasteiger partial charge in [-0.15, -0.1) is 0 Å². The molecule has 0 spiro atoms. The third-order valence-electron chi connectivity index (χ3n) is 7.45. The number of hydrogen-bond acceptors (Lipinski definition) is 7. The van der Waals surface area contributed by atoms with Gasteiger partial charge in [0.15, 0.2) is 23.1 Å². The molecule has 2 heterocycles. The number of nitrogens with zero attached hydrogens (tertiary/aromatic N) is 3. The lowest BCUT2D eigenvalue weighted by Gasteiger charge is -2.39. The van der Waals surface area contributed by atoms with Crippen LogP contribution in [-0.4, -0.2) is 44.8 Å². The van der Waals surface area contributed by atoms with Crippen molar-refractivity contribution >= 4 is 34.2 Å². The molecule has 0 bridgehead atoms. The molecule has 2 atom stereocenters. The minimum atomic E-state index is -0.743. The number of carbonyl (C=O) groups excluding carboxylic acids is 2. The second-order valence-corrected chi connectivity index (χ2v) is 10.5. The number of Topliss-reactive ketones (excluding diaryl/α,β-unsaturated/α-hetero) is 1. The molecular formula is C28H22IN3O7.